The van der Waals surface area contributed by atoms with Crippen molar-refractivity contribution in [3.63, 3.8) is 0 Å². The largest absolute Gasteiger partial charge is 0.345 e. The highest BCUT2D eigenvalue weighted by atomic mass is 32.2. The molecular formula is C24H22F2N2O4S. The highest BCUT2D eigenvalue weighted by Gasteiger charge is 2.25. The molecule has 0 aromatic heterocycles. The first-order valence-electron chi connectivity index (χ1n) is 9.91. The second-order valence-corrected chi connectivity index (χ2v) is 9.35. The number of carbonyl (C=O) groups is 2. The van der Waals surface area contributed by atoms with Crippen LogP contribution in [0.5, 0.6) is 0 Å². The molecular weight excluding hydrogens is 450 g/mol. The Hall–Kier alpha value is -3.43. The summed E-state index contributed by atoms with van der Waals surface area (Å²) in [5.41, 5.74) is 0.0420. The SMILES string of the molecule is Cc1cc(-c2ccccc2)c(F)c(C(=O)CNS(=O)(=O)c2ccc(C(=O)N(C)C)cc2)c1F. The van der Waals surface area contributed by atoms with Gasteiger partial charge in [-0.05, 0) is 48.4 Å². The first-order chi connectivity index (χ1) is 15.5. The molecule has 6 nitrogen and oxygen atoms in total. The number of rotatable bonds is 7. The molecule has 0 spiro atoms. The highest BCUT2D eigenvalue weighted by molar-refractivity contribution is 7.89. The number of sulfonamides is 1. The van der Waals surface area contributed by atoms with Gasteiger partial charge in [-0.3, -0.25) is 9.59 Å². The van der Waals surface area contributed by atoms with E-state index in [0.29, 0.717) is 5.56 Å². The summed E-state index contributed by atoms with van der Waals surface area (Å²) in [7, 11) is -1.04. The number of aryl methyl sites for hydroxylation is 1. The average Bonchev–Trinajstić information content (AvgIpc) is 2.80. The van der Waals surface area contributed by atoms with Crippen LogP contribution in [0.15, 0.2) is 65.6 Å². The standard InChI is InChI=1S/C24H22F2N2O4S/c1-15-13-19(16-7-5-4-6-8-16)23(26)21(22(15)25)20(29)14-27-33(31,32)18-11-9-17(10-12-18)24(30)28(2)3/h4-13,27H,14H2,1-3H3. The Labute approximate surface area is 190 Å². The molecule has 0 bridgehead atoms. The van der Waals surface area contributed by atoms with Crippen LogP contribution in [0.1, 0.15) is 26.3 Å². The van der Waals surface area contributed by atoms with Crippen LogP contribution >= 0.6 is 0 Å². The zero-order chi connectivity index (χ0) is 24.3. The van der Waals surface area contributed by atoms with Crippen molar-refractivity contribution in [1.29, 1.82) is 0 Å². The molecule has 0 fully saturated rings. The van der Waals surface area contributed by atoms with Crippen molar-refractivity contribution < 1.29 is 26.8 Å². The molecule has 172 valence electrons. The minimum absolute atomic E-state index is 0.0434. The number of nitrogens with zero attached hydrogens (tertiary/aromatic N) is 1. The molecule has 9 heteroatoms. The van der Waals surface area contributed by atoms with Crippen molar-refractivity contribution in [2.75, 3.05) is 20.6 Å². The van der Waals surface area contributed by atoms with E-state index in [4.69, 9.17) is 0 Å². The lowest BCUT2D eigenvalue weighted by Gasteiger charge is -2.13. The Morgan fingerprint density at radius 2 is 1.55 bits per heavy atom. The van der Waals surface area contributed by atoms with Crippen molar-refractivity contribution >= 4 is 21.7 Å². The molecule has 3 rings (SSSR count). The van der Waals surface area contributed by atoms with E-state index >= 15 is 4.39 Å². The quantitative estimate of drug-likeness (QED) is 0.530. The van der Waals surface area contributed by atoms with Crippen molar-refractivity contribution in [2.45, 2.75) is 11.8 Å². The fraction of sp³-hybridized carbons (Fsp3) is 0.167. The molecule has 0 aliphatic heterocycles. The number of carbonyl (C=O) groups excluding carboxylic acids is 2. The number of Topliss-reactive ketones (excluding diaryl/α,β-unsaturated/α-hetero) is 1. The number of amides is 1. The maximum absolute atomic E-state index is 15.1. The molecule has 3 aromatic rings. The molecule has 1 N–H and O–H groups in total. The molecule has 0 aliphatic carbocycles. The van der Waals surface area contributed by atoms with Gasteiger partial charge in [0, 0.05) is 25.2 Å². The van der Waals surface area contributed by atoms with Gasteiger partial charge in [-0.25, -0.2) is 21.9 Å². The fourth-order valence-electron chi connectivity index (χ4n) is 3.21. The molecule has 0 heterocycles. The summed E-state index contributed by atoms with van der Waals surface area (Å²) in [5.74, 6) is -3.45. The van der Waals surface area contributed by atoms with Gasteiger partial charge < -0.3 is 4.90 Å². The number of hydrogen-bond acceptors (Lipinski definition) is 4. The molecule has 0 unspecified atom stereocenters. The summed E-state index contributed by atoms with van der Waals surface area (Å²) < 4.78 is 57.0. The number of ketones is 1. The predicted octanol–water partition coefficient (Wildman–Crippen LogP) is 3.80. The summed E-state index contributed by atoms with van der Waals surface area (Å²) in [6.45, 7) is 0.560. The van der Waals surface area contributed by atoms with Crippen molar-refractivity contribution in [3.8, 4) is 11.1 Å². The normalized spacial score (nSPS) is 11.3. The Morgan fingerprint density at radius 3 is 2.12 bits per heavy atom. The maximum Gasteiger partial charge on any atom is 0.253 e. The number of nitrogens with one attached hydrogen (secondary N) is 1. The monoisotopic (exact) mass is 472 g/mol. The van der Waals surface area contributed by atoms with Crippen molar-refractivity contribution in [1.82, 2.24) is 9.62 Å². The smallest absolute Gasteiger partial charge is 0.253 e. The van der Waals surface area contributed by atoms with Gasteiger partial charge in [-0.2, -0.15) is 0 Å². The summed E-state index contributed by atoms with van der Waals surface area (Å²) >= 11 is 0. The van der Waals surface area contributed by atoms with Gasteiger partial charge in [0.25, 0.3) is 5.91 Å². The van der Waals surface area contributed by atoms with E-state index in [2.05, 4.69) is 4.72 Å². The zero-order valence-corrected chi connectivity index (χ0v) is 19.0. The number of benzene rings is 3. The molecule has 0 radical (unpaired) electrons. The predicted molar refractivity (Wildman–Crippen MR) is 121 cm³/mol. The minimum Gasteiger partial charge on any atom is -0.345 e. The lowest BCUT2D eigenvalue weighted by Crippen LogP contribution is -2.31. The summed E-state index contributed by atoms with van der Waals surface area (Å²) in [6.07, 6.45) is 0. The maximum atomic E-state index is 15.1. The molecule has 1 amide bonds. The van der Waals surface area contributed by atoms with Crippen LogP contribution in [0.2, 0.25) is 0 Å². The third-order valence-corrected chi connectivity index (χ3v) is 6.40. The minimum atomic E-state index is -4.16. The van der Waals surface area contributed by atoms with Crippen LogP contribution in [0, 0.1) is 18.6 Å². The molecule has 0 saturated heterocycles. The second-order valence-electron chi connectivity index (χ2n) is 7.58. The van der Waals surface area contributed by atoms with Crippen molar-refractivity contribution in [3.05, 3.63) is 89.0 Å². The van der Waals surface area contributed by atoms with Gasteiger partial charge in [0.2, 0.25) is 10.0 Å². The first-order valence-corrected chi connectivity index (χ1v) is 11.4. The topological polar surface area (TPSA) is 83.5 Å². The van der Waals surface area contributed by atoms with Gasteiger partial charge in [-0.15, -0.1) is 0 Å². The number of hydrogen-bond donors (Lipinski definition) is 1. The zero-order valence-electron chi connectivity index (χ0n) is 18.2. The number of halogens is 2. The van der Waals surface area contributed by atoms with Crippen LogP contribution in [-0.4, -0.2) is 45.6 Å². The fourth-order valence-corrected chi connectivity index (χ4v) is 4.19. The third kappa shape index (κ3) is 5.15. The highest BCUT2D eigenvalue weighted by Crippen LogP contribution is 2.29. The van der Waals surface area contributed by atoms with E-state index < -0.39 is 39.5 Å². The molecule has 0 saturated carbocycles. The lowest BCUT2D eigenvalue weighted by molar-refractivity contribution is 0.0827. The van der Waals surface area contributed by atoms with Gasteiger partial charge in [-0.1, -0.05) is 30.3 Å². The van der Waals surface area contributed by atoms with Gasteiger partial charge in [0.15, 0.2) is 5.78 Å². The first kappa shape index (κ1) is 24.2. The Morgan fingerprint density at radius 1 is 0.939 bits per heavy atom. The lowest BCUT2D eigenvalue weighted by atomic mass is 9.96. The Bertz CT molecular complexity index is 1310. The second kappa shape index (κ2) is 9.60. The Balaban J connectivity index is 1.85. The summed E-state index contributed by atoms with van der Waals surface area (Å²) in [5, 5.41) is 0. The molecule has 3 aromatic carbocycles. The average molecular weight is 473 g/mol. The summed E-state index contributed by atoms with van der Waals surface area (Å²) in [4.78, 5) is 25.8. The van der Waals surface area contributed by atoms with Crippen LogP contribution in [0.25, 0.3) is 11.1 Å². The van der Waals surface area contributed by atoms with Crippen LogP contribution < -0.4 is 4.72 Å². The van der Waals surface area contributed by atoms with Crippen molar-refractivity contribution in [2.24, 2.45) is 0 Å². The van der Waals surface area contributed by atoms with Crippen LogP contribution in [-0.2, 0) is 10.0 Å². The Kier molecular flexibility index (Phi) is 7.04. The van der Waals surface area contributed by atoms with E-state index in [1.165, 1.54) is 42.2 Å². The van der Waals surface area contributed by atoms with Gasteiger partial charge in [0.05, 0.1) is 17.0 Å². The third-order valence-electron chi connectivity index (χ3n) is 4.99. The molecule has 33 heavy (non-hydrogen) atoms. The van der Waals surface area contributed by atoms with E-state index in [1.54, 1.807) is 44.4 Å². The molecule has 0 aliphatic rings. The van der Waals surface area contributed by atoms with Crippen LogP contribution in [0.3, 0.4) is 0 Å². The van der Waals surface area contributed by atoms with Gasteiger partial charge >= 0.3 is 0 Å². The molecule has 0 atom stereocenters. The van der Waals surface area contributed by atoms with E-state index in [9.17, 15) is 22.4 Å². The van der Waals surface area contributed by atoms with Crippen LogP contribution in [0.4, 0.5) is 8.78 Å². The summed E-state index contributed by atoms with van der Waals surface area (Å²) in [6, 6.07) is 14.8. The van der Waals surface area contributed by atoms with E-state index in [-0.39, 0.29) is 27.5 Å². The van der Waals surface area contributed by atoms with E-state index in [0.717, 1.165) is 0 Å². The van der Waals surface area contributed by atoms with Gasteiger partial charge in [0.1, 0.15) is 11.6 Å². The van der Waals surface area contributed by atoms with E-state index in [1.807, 2.05) is 0 Å².